The number of nitrogens with zero attached hydrogens (tertiary/aromatic N) is 1. The van der Waals surface area contributed by atoms with Crippen molar-refractivity contribution in [1.82, 2.24) is 10.2 Å². The largest absolute Gasteiger partial charge is 0.344 e. The van der Waals surface area contributed by atoms with Gasteiger partial charge in [0.1, 0.15) is 0 Å². The maximum absolute atomic E-state index is 12.1. The van der Waals surface area contributed by atoms with Crippen LogP contribution in [0.1, 0.15) is 31.2 Å². The van der Waals surface area contributed by atoms with Gasteiger partial charge in [0.05, 0.1) is 6.04 Å². The van der Waals surface area contributed by atoms with Gasteiger partial charge in [-0.25, -0.2) is 0 Å². The number of amides is 1. The van der Waals surface area contributed by atoms with Crippen LogP contribution in [0.25, 0.3) is 0 Å². The van der Waals surface area contributed by atoms with Crippen molar-refractivity contribution in [3.8, 4) is 0 Å². The summed E-state index contributed by atoms with van der Waals surface area (Å²) < 4.78 is 0. The first kappa shape index (κ1) is 14.1. The highest BCUT2D eigenvalue weighted by Gasteiger charge is 2.24. The fourth-order valence-corrected chi connectivity index (χ4v) is 2.59. The summed E-state index contributed by atoms with van der Waals surface area (Å²) in [6.07, 6.45) is 5.43. The lowest BCUT2D eigenvalue weighted by Gasteiger charge is -2.21. The molecule has 2 rings (SSSR count). The molecule has 19 heavy (non-hydrogen) atoms. The second kappa shape index (κ2) is 7.29. The number of benzene rings is 1. The standard InChI is InChI=1S/C16H24N2O/c1-18(16(19)15-11-7-12-17-15)13-6-5-10-14-8-3-2-4-9-14/h2-4,8-9,15,17H,5-7,10-13H2,1H3/t15-/m0/s1. The van der Waals surface area contributed by atoms with Crippen molar-refractivity contribution in [2.24, 2.45) is 0 Å². The van der Waals surface area contributed by atoms with Crippen molar-refractivity contribution in [1.29, 1.82) is 0 Å². The smallest absolute Gasteiger partial charge is 0.239 e. The van der Waals surface area contributed by atoms with Gasteiger partial charge in [-0.3, -0.25) is 4.79 Å². The fourth-order valence-electron chi connectivity index (χ4n) is 2.59. The van der Waals surface area contributed by atoms with Gasteiger partial charge in [-0.05, 0) is 44.2 Å². The van der Waals surface area contributed by atoms with E-state index >= 15 is 0 Å². The van der Waals surface area contributed by atoms with E-state index in [4.69, 9.17) is 0 Å². The molecule has 0 aromatic heterocycles. The molecule has 1 saturated heterocycles. The normalized spacial score (nSPS) is 18.5. The van der Waals surface area contributed by atoms with Crippen LogP contribution < -0.4 is 5.32 Å². The average Bonchev–Trinajstić information content (AvgIpc) is 2.98. The molecular formula is C16H24N2O. The van der Waals surface area contributed by atoms with Gasteiger partial charge in [0.15, 0.2) is 0 Å². The van der Waals surface area contributed by atoms with Gasteiger partial charge in [0.25, 0.3) is 0 Å². The van der Waals surface area contributed by atoms with E-state index in [2.05, 4.69) is 29.6 Å². The van der Waals surface area contributed by atoms with Gasteiger partial charge in [-0.1, -0.05) is 30.3 Å². The number of aryl methyl sites for hydroxylation is 1. The molecule has 1 aromatic carbocycles. The Hall–Kier alpha value is -1.35. The Morgan fingerprint density at radius 3 is 2.79 bits per heavy atom. The molecule has 1 aliphatic rings. The molecule has 1 aromatic rings. The highest BCUT2D eigenvalue weighted by molar-refractivity contribution is 5.81. The van der Waals surface area contributed by atoms with Crippen LogP contribution in [0.15, 0.2) is 30.3 Å². The van der Waals surface area contributed by atoms with E-state index in [1.54, 1.807) is 0 Å². The predicted octanol–water partition coefficient (Wildman–Crippen LogP) is 2.22. The number of nitrogens with one attached hydrogen (secondary N) is 1. The summed E-state index contributed by atoms with van der Waals surface area (Å²) in [5.74, 6) is 0.261. The van der Waals surface area contributed by atoms with E-state index in [1.807, 2.05) is 18.0 Å². The molecule has 1 amide bonds. The molecule has 0 spiro atoms. The Morgan fingerprint density at radius 2 is 2.11 bits per heavy atom. The van der Waals surface area contributed by atoms with Crippen LogP contribution in [0, 0.1) is 0 Å². The van der Waals surface area contributed by atoms with Crippen LogP contribution in [-0.2, 0) is 11.2 Å². The first-order valence-corrected chi connectivity index (χ1v) is 7.29. The minimum Gasteiger partial charge on any atom is -0.344 e. The summed E-state index contributed by atoms with van der Waals surface area (Å²) in [5, 5.41) is 3.26. The number of unbranched alkanes of at least 4 members (excludes halogenated alkanes) is 1. The third-order valence-corrected chi connectivity index (χ3v) is 3.79. The van der Waals surface area contributed by atoms with Gasteiger partial charge in [0, 0.05) is 13.6 Å². The third-order valence-electron chi connectivity index (χ3n) is 3.79. The van der Waals surface area contributed by atoms with Crippen molar-refractivity contribution in [2.75, 3.05) is 20.1 Å². The molecule has 0 bridgehead atoms. The summed E-state index contributed by atoms with van der Waals surface area (Å²) in [7, 11) is 1.92. The van der Waals surface area contributed by atoms with Crippen molar-refractivity contribution < 1.29 is 4.79 Å². The average molecular weight is 260 g/mol. The number of carbonyl (C=O) groups excluding carboxylic acids is 1. The summed E-state index contributed by atoms with van der Waals surface area (Å²) in [6, 6.07) is 10.6. The third kappa shape index (κ3) is 4.35. The lowest BCUT2D eigenvalue weighted by Crippen LogP contribution is -2.41. The molecule has 1 aliphatic heterocycles. The zero-order valence-corrected chi connectivity index (χ0v) is 11.8. The molecule has 0 radical (unpaired) electrons. The van der Waals surface area contributed by atoms with E-state index in [9.17, 15) is 4.79 Å². The highest BCUT2D eigenvalue weighted by atomic mass is 16.2. The minimum atomic E-state index is 0.0686. The second-order valence-electron chi connectivity index (χ2n) is 5.35. The Labute approximate surface area is 116 Å². The summed E-state index contributed by atoms with van der Waals surface area (Å²) in [5.41, 5.74) is 1.38. The molecule has 0 aliphatic carbocycles. The zero-order valence-electron chi connectivity index (χ0n) is 11.8. The monoisotopic (exact) mass is 260 g/mol. The number of likely N-dealkylation sites (N-methyl/N-ethyl adjacent to an activating group) is 1. The van der Waals surface area contributed by atoms with Gasteiger partial charge < -0.3 is 10.2 Å². The summed E-state index contributed by atoms with van der Waals surface area (Å²) >= 11 is 0. The van der Waals surface area contributed by atoms with Gasteiger partial charge in [0.2, 0.25) is 5.91 Å². The van der Waals surface area contributed by atoms with Crippen LogP contribution in [-0.4, -0.2) is 37.0 Å². The molecular weight excluding hydrogens is 236 g/mol. The Morgan fingerprint density at radius 1 is 1.32 bits per heavy atom. The van der Waals surface area contributed by atoms with Crippen LogP contribution in [0.4, 0.5) is 0 Å². The highest BCUT2D eigenvalue weighted by Crippen LogP contribution is 2.09. The van der Waals surface area contributed by atoms with Crippen molar-refractivity contribution in [3.05, 3.63) is 35.9 Å². The molecule has 1 heterocycles. The molecule has 3 nitrogen and oxygen atoms in total. The number of carbonyl (C=O) groups is 1. The van der Waals surface area contributed by atoms with Crippen molar-refractivity contribution in [3.63, 3.8) is 0 Å². The maximum Gasteiger partial charge on any atom is 0.239 e. The number of hydrogen-bond donors (Lipinski definition) is 1. The van der Waals surface area contributed by atoms with E-state index < -0.39 is 0 Å². The molecule has 3 heteroatoms. The molecule has 1 atom stereocenters. The second-order valence-corrected chi connectivity index (χ2v) is 5.35. The minimum absolute atomic E-state index is 0.0686. The first-order chi connectivity index (χ1) is 9.27. The SMILES string of the molecule is CN(CCCCc1ccccc1)C(=O)[C@@H]1CCCN1. The molecule has 0 unspecified atom stereocenters. The molecule has 1 N–H and O–H groups in total. The van der Waals surface area contributed by atoms with Crippen molar-refractivity contribution >= 4 is 5.91 Å². The quantitative estimate of drug-likeness (QED) is 0.795. The zero-order chi connectivity index (χ0) is 13.5. The maximum atomic E-state index is 12.1. The summed E-state index contributed by atoms with van der Waals surface area (Å²) in [6.45, 7) is 1.85. The summed E-state index contributed by atoms with van der Waals surface area (Å²) in [4.78, 5) is 14.0. The van der Waals surface area contributed by atoms with E-state index in [0.29, 0.717) is 0 Å². The van der Waals surface area contributed by atoms with Crippen molar-refractivity contribution in [2.45, 2.75) is 38.1 Å². The first-order valence-electron chi connectivity index (χ1n) is 7.29. The van der Waals surface area contributed by atoms with Crippen LogP contribution >= 0.6 is 0 Å². The Balaban J connectivity index is 1.63. The fraction of sp³-hybridized carbons (Fsp3) is 0.562. The lowest BCUT2D eigenvalue weighted by molar-refractivity contribution is -0.131. The van der Waals surface area contributed by atoms with Gasteiger partial charge >= 0.3 is 0 Å². The topological polar surface area (TPSA) is 32.3 Å². The molecule has 0 saturated carbocycles. The van der Waals surface area contributed by atoms with Crippen LogP contribution in [0.5, 0.6) is 0 Å². The Kier molecular flexibility index (Phi) is 5.40. The van der Waals surface area contributed by atoms with E-state index in [-0.39, 0.29) is 11.9 Å². The number of hydrogen-bond acceptors (Lipinski definition) is 2. The van der Waals surface area contributed by atoms with E-state index in [1.165, 1.54) is 5.56 Å². The Bertz CT molecular complexity index is 385. The van der Waals surface area contributed by atoms with Crippen LogP contribution in [0.3, 0.4) is 0 Å². The lowest BCUT2D eigenvalue weighted by atomic mass is 10.1. The van der Waals surface area contributed by atoms with E-state index in [0.717, 1.165) is 45.2 Å². The number of rotatable bonds is 6. The van der Waals surface area contributed by atoms with Gasteiger partial charge in [-0.15, -0.1) is 0 Å². The van der Waals surface area contributed by atoms with Crippen LogP contribution in [0.2, 0.25) is 0 Å². The molecule has 104 valence electrons. The van der Waals surface area contributed by atoms with Gasteiger partial charge in [-0.2, -0.15) is 0 Å². The molecule has 1 fully saturated rings. The predicted molar refractivity (Wildman–Crippen MR) is 78.0 cm³/mol.